The number of nitrogens with zero attached hydrogens (tertiary/aromatic N) is 2. The van der Waals surface area contributed by atoms with Gasteiger partial charge in [-0.3, -0.25) is 9.59 Å². The predicted octanol–water partition coefficient (Wildman–Crippen LogP) is 2.68. The molecule has 2 aromatic carbocycles. The lowest BCUT2D eigenvalue weighted by Gasteiger charge is -2.26. The van der Waals surface area contributed by atoms with Crippen LogP contribution in [0, 0.1) is 0 Å². The molecule has 6 nitrogen and oxygen atoms in total. The Balaban J connectivity index is 2.10. The molecule has 28 heavy (non-hydrogen) atoms. The van der Waals surface area contributed by atoms with Crippen LogP contribution in [0.2, 0.25) is 0 Å². The molecule has 6 heteroatoms. The van der Waals surface area contributed by atoms with Gasteiger partial charge in [-0.2, -0.15) is 0 Å². The van der Waals surface area contributed by atoms with Crippen molar-refractivity contribution in [1.82, 2.24) is 9.80 Å². The lowest BCUT2D eigenvalue weighted by molar-refractivity contribution is -0.140. The van der Waals surface area contributed by atoms with Crippen LogP contribution in [0.25, 0.3) is 5.76 Å². The van der Waals surface area contributed by atoms with Gasteiger partial charge in [0.1, 0.15) is 11.5 Å². The Morgan fingerprint density at radius 1 is 1.07 bits per heavy atom. The number of amides is 1. The highest BCUT2D eigenvalue weighted by molar-refractivity contribution is 6.46. The number of benzene rings is 2. The van der Waals surface area contributed by atoms with Gasteiger partial charge in [0.2, 0.25) is 0 Å². The third-order valence-electron chi connectivity index (χ3n) is 4.81. The first-order valence-corrected chi connectivity index (χ1v) is 9.06. The standard InChI is InChI=1S/C22H24N2O4/c1-23(2)13-14-24-19(15-7-5-4-6-8-15)18(21(26)22(24)27)20(25)16-9-11-17(28-3)12-10-16/h4-12,19,25H,13-14H2,1-3H3. The van der Waals surface area contributed by atoms with Crippen molar-refractivity contribution in [3.05, 3.63) is 71.3 Å². The Labute approximate surface area is 164 Å². The highest BCUT2D eigenvalue weighted by atomic mass is 16.5. The minimum absolute atomic E-state index is 0.111. The summed E-state index contributed by atoms with van der Waals surface area (Å²) in [4.78, 5) is 29.1. The molecule has 0 bridgehead atoms. The maximum atomic E-state index is 12.8. The second-order valence-corrected chi connectivity index (χ2v) is 6.93. The van der Waals surface area contributed by atoms with Crippen LogP contribution in [0.3, 0.4) is 0 Å². The predicted molar refractivity (Wildman–Crippen MR) is 107 cm³/mol. The summed E-state index contributed by atoms with van der Waals surface area (Å²) in [6, 6.07) is 15.4. The zero-order valence-corrected chi connectivity index (χ0v) is 16.3. The number of carbonyl (C=O) groups excluding carboxylic acids is 2. The maximum Gasteiger partial charge on any atom is 0.295 e. The van der Waals surface area contributed by atoms with E-state index in [1.54, 1.807) is 31.4 Å². The Hall–Kier alpha value is -3.12. The zero-order valence-electron chi connectivity index (χ0n) is 16.3. The molecule has 0 aliphatic carbocycles. The summed E-state index contributed by atoms with van der Waals surface area (Å²) in [5.74, 6) is -0.795. The fourth-order valence-electron chi connectivity index (χ4n) is 3.30. The number of ether oxygens (including phenoxy) is 1. The van der Waals surface area contributed by atoms with Crippen LogP contribution in [0.1, 0.15) is 17.2 Å². The number of likely N-dealkylation sites (tertiary alicyclic amines) is 1. The first kappa shape index (κ1) is 19.6. The quantitative estimate of drug-likeness (QED) is 0.474. The molecule has 0 spiro atoms. The SMILES string of the molecule is COc1ccc(C(O)=C2C(=O)C(=O)N(CCN(C)C)C2c2ccccc2)cc1. The lowest BCUT2D eigenvalue weighted by Crippen LogP contribution is -2.35. The van der Waals surface area contributed by atoms with Gasteiger partial charge < -0.3 is 19.6 Å². The van der Waals surface area contributed by atoms with Gasteiger partial charge in [-0.15, -0.1) is 0 Å². The van der Waals surface area contributed by atoms with Crippen LogP contribution in [0.5, 0.6) is 5.75 Å². The third-order valence-corrected chi connectivity index (χ3v) is 4.81. The molecule has 2 aromatic rings. The number of hydrogen-bond donors (Lipinski definition) is 1. The Morgan fingerprint density at radius 2 is 1.71 bits per heavy atom. The summed E-state index contributed by atoms with van der Waals surface area (Å²) >= 11 is 0. The van der Waals surface area contributed by atoms with Crippen LogP contribution in [0.15, 0.2) is 60.2 Å². The number of aliphatic hydroxyl groups excluding tert-OH is 1. The van der Waals surface area contributed by atoms with E-state index >= 15 is 0 Å². The molecule has 1 atom stereocenters. The molecule has 3 rings (SSSR count). The van der Waals surface area contributed by atoms with Crippen LogP contribution in [0.4, 0.5) is 0 Å². The van der Waals surface area contributed by atoms with E-state index in [0.29, 0.717) is 24.4 Å². The smallest absolute Gasteiger partial charge is 0.295 e. The first-order valence-electron chi connectivity index (χ1n) is 9.06. The number of hydrogen-bond acceptors (Lipinski definition) is 5. The number of Topliss-reactive ketones (excluding diaryl/α,β-unsaturated/α-hetero) is 1. The number of ketones is 1. The Bertz CT molecular complexity index is 889. The molecule has 0 radical (unpaired) electrons. The number of aliphatic hydroxyl groups is 1. The number of rotatable bonds is 6. The average Bonchev–Trinajstić information content (AvgIpc) is 2.97. The minimum Gasteiger partial charge on any atom is -0.507 e. The van der Waals surface area contributed by atoms with Crippen molar-refractivity contribution in [2.45, 2.75) is 6.04 Å². The molecular weight excluding hydrogens is 356 g/mol. The molecule has 0 saturated carbocycles. The van der Waals surface area contributed by atoms with Crippen molar-refractivity contribution in [3.8, 4) is 5.75 Å². The highest BCUT2D eigenvalue weighted by Crippen LogP contribution is 2.39. The van der Waals surface area contributed by atoms with E-state index in [0.717, 1.165) is 5.56 Å². The van der Waals surface area contributed by atoms with Gasteiger partial charge in [0.15, 0.2) is 0 Å². The van der Waals surface area contributed by atoms with Crippen molar-refractivity contribution >= 4 is 17.4 Å². The fourth-order valence-corrected chi connectivity index (χ4v) is 3.30. The van der Waals surface area contributed by atoms with Gasteiger partial charge in [-0.05, 0) is 43.9 Å². The fraction of sp³-hybridized carbons (Fsp3) is 0.273. The molecule has 1 heterocycles. The van der Waals surface area contributed by atoms with E-state index in [1.807, 2.05) is 49.3 Å². The maximum absolute atomic E-state index is 12.8. The topological polar surface area (TPSA) is 70.1 Å². The summed E-state index contributed by atoms with van der Waals surface area (Å²) in [5.41, 5.74) is 1.36. The van der Waals surface area contributed by atoms with Crippen molar-refractivity contribution in [3.63, 3.8) is 0 Å². The van der Waals surface area contributed by atoms with Gasteiger partial charge >= 0.3 is 0 Å². The van der Waals surface area contributed by atoms with Gasteiger partial charge in [-0.25, -0.2) is 0 Å². The molecule has 0 aromatic heterocycles. The monoisotopic (exact) mass is 380 g/mol. The van der Waals surface area contributed by atoms with E-state index in [4.69, 9.17) is 4.74 Å². The first-order chi connectivity index (χ1) is 13.4. The summed E-state index contributed by atoms with van der Waals surface area (Å²) < 4.78 is 5.14. The second-order valence-electron chi connectivity index (χ2n) is 6.93. The molecule has 1 saturated heterocycles. The number of methoxy groups -OCH3 is 1. The van der Waals surface area contributed by atoms with E-state index in [1.165, 1.54) is 4.90 Å². The van der Waals surface area contributed by atoms with Gasteiger partial charge in [-0.1, -0.05) is 30.3 Å². The Morgan fingerprint density at radius 3 is 2.29 bits per heavy atom. The minimum atomic E-state index is -0.666. The van der Waals surface area contributed by atoms with Crippen molar-refractivity contribution in [2.24, 2.45) is 0 Å². The summed E-state index contributed by atoms with van der Waals surface area (Å²) in [6.07, 6.45) is 0. The summed E-state index contributed by atoms with van der Waals surface area (Å²) in [7, 11) is 5.37. The molecule has 1 fully saturated rings. The van der Waals surface area contributed by atoms with Crippen LogP contribution < -0.4 is 4.74 Å². The zero-order chi connectivity index (χ0) is 20.3. The number of carbonyl (C=O) groups is 2. The molecule has 1 aliphatic rings. The van der Waals surface area contributed by atoms with Crippen LogP contribution in [-0.4, -0.2) is 60.9 Å². The molecule has 146 valence electrons. The molecule has 1 N–H and O–H groups in total. The largest absolute Gasteiger partial charge is 0.507 e. The third kappa shape index (κ3) is 3.77. The van der Waals surface area contributed by atoms with Gasteiger partial charge in [0.05, 0.1) is 18.7 Å². The second kappa shape index (κ2) is 8.27. The van der Waals surface area contributed by atoms with E-state index in [9.17, 15) is 14.7 Å². The van der Waals surface area contributed by atoms with Crippen molar-refractivity contribution < 1.29 is 19.4 Å². The molecule has 1 amide bonds. The van der Waals surface area contributed by atoms with E-state index in [-0.39, 0.29) is 11.3 Å². The van der Waals surface area contributed by atoms with Crippen molar-refractivity contribution in [1.29, 1.82) is 0 Å². The Kier molecular flexibility index (Phi) is 5.80. The molecule has 1 aliphatic heterocycles. The van der Waals surface area contributed by atoms with Crippen molar-refractivity contribution in [2.75, 3.05) is 34.3 Å². The van der Waals surface area contributed by atoms with Crippen LogP contribution in [-0.2, 0) is 9.59 Å². The van der Waals surface area contributed by atoms with Gasteiger partial charge in [0, 0.05) is 18.7 Å². The van der Waals surface area contributed by atoms with Crippen LogP contribution >= 0.6 is 0 Å². The van der Waals surface area contributed by atoms with E-state index < -0.39 is 17.7 Å². The van der Waals surface area contributed by atoms with E-state index in [2.05, 4.69) is 0 Å². The number of likely N-dealkylation sites (N-methyl/N-ethyl adjacent to an activating group) is 1. The normalized spacial score (nSPS) is 18.7. The summed E-state index contributed by atoms with van der Waals surface area (Å²) in [6.45, 7) is 0.995. The average molecular weight is 380 g/mol. The molecule has 1 unspecified atom stereocenters. The summed E-state index contributed by atoms with van der Waals surface area (Å²) in [5, 5.41) is 10.9. The highest BCUT2D eigenvalue weighted by Gasteiger charge is 2.45. The molecular formula is C22H24N2O4. The van der Waals surface area contributed by atoms with Gasteiger partial charge in [0.25, 0.3) is 11.7 Å². The lowest BCUT2D eigenvalue weighted by atomic mass is 9.95.